The van der Waals surface area contributed by atoms with E-state index in [4.69, 9.17) is 5.11 Å². The highest BCUT2D eigenvalue weighted by molar-refractivity contribution is 5.78. The summed E-state index contributed by atoms with van der Waals surface area (Å²) >= 11 is 0. The highest BCUT2D eigenvalue weighted by Gasteiger charge is 2.37. The number of rotatable bonds is 7. The Hall–Kier alpha value is -1.06. The molecule has 1 amide bonds. The standard InChI is InChI=1S/C17H29NO3/c19-15(18-11-8-14-6-2-1-3-7-14)12-17(13-16(20)21)9-4-5-10-17/h14H,1-13H2,(H,18,19)(H,20,21). The first kappa shape index (κ1) is 16.3. The largest absolute Gasteiger partial charge is 0.481 e. The third-order valence-electron chi connectivity index (χ3n) is 5.33. The van der Waals surface area contributed by atoms with Gasteiger partial charge in [0.1, 0.15) is 0 Å². The Kier molecular flexibility index (Phi) is 6.07. The summed E-state index contributed by atoms with van der Waals surface area (Å²) in [7, 11) is 0. The third-order valence-corrected chi connectivity index (χ3v) is 5.33. The van der Waals surface area contributed by atoms with E-state index in [-0.39, 0.29) is 17.7 Å². The van der Waals surface area contributed by atoms with Crippen molar-refractivity contribution >= 4 is 11.9 Å². The Morgan fingerprint density at radius 3 is 2.29 bits per heavy atom. The SMILES string of the molecule is O=C(O)CC1(CC(=O)NCCC2CCCCC2)CCCC1. The number of carbonyl (C=O) groups excluding carboxylic acids is 1. The van der Waals surface area contributed by atoms with Gasteiger partial charge in [0.15, 0.2) is 0 Å². The zero-order chi connectivity index (χ0) is 15.1. The van der Waals surface area contributed by atoms with Crippen LogP contribution in [-0.2, 0) is 9.59 Å². The highest BCUT2D eigenvalue weighted by atomic mass is 16.4. The van der Waals surface area contributed by atoms with Crippen LogP contribution in [0.4, 0.5) is 0 Å². The molecule has 0 aromatic heterocycles. The second kappa shape index (κ2) is 7.81. The molecular formula is C17H29NO3. The molecule has 2 aliphatic rings. The fraction of sp³-hybridized carbons (Fsp3) is 0.882. The van der Waals surface area contributed by atoms with Gasteiger partial charge < -0.3 is 10.4 Å². The molecule has 4 nitrogen and oxygen atoms in total. The van der Waals surface area contributed by atoms with Gasteiger partial charge in [0.25, 0.3) is 0 Å². The lowest BCUT2D eigenvalue weighted by molar-refractivity contribution is -0.140. The minimum atomic E-state index is -0.771. The number of hydrogen-bond acceptors (Lipinski definition) is 2. The summed E-state index contributed by atoms with van der Waals surface area (Å²) in [6.07, 6.45) is 12.1. The molecule has 0 radical (unpaired) electrons. The lowest BCUT2D eigenvalue weighted by Gasteiger charge is -2.26. The quantitative estimate of drug-likeness (QED) is 0.755. The molecule has 2 N–H and O–H groups in total. The van der Waals surface area contributed by atoms with E-state index in [1.54, 1.807) is 0 Å². The number of carbonyl (C=O) groups is 2. The molecule has 2 saturated carbocycles. The smallest absolute Gasteiger partial charge is 0.303 e. The number of carboxylic acid groups (broad SMARTS) is 1. The van der Waals surface area contributed by atoms with Gasteiger partial charge in [-0.2, -0.15) is 0 Å². The normalized spacial score (nSPS) is 22.1. The summed E-state index contributed by atoms with van der Waals surface area (Å²) in [6.45, 7) is 0.757. The summed E-state index contributed by atoms with van der Waals surface area (Å²) in [5, 5.41) is 12.1. The van der Waals surface area contributed by atoms with Crippen LogP contribution in [0.1, 0.15) is 77.0 Å². The number of nitrogens with one attached hydrogen (secondary N) is 1. The van der Waals surface area contributed by atoms with Crippen LogP contribution in [0.3, 0.4) is 0 Å². The molecule has 120 valence electrons. The Morgan fingerprint density at radius 1 is 1.00 bits per heavy atom. The Balaban J connectivity index is 1.70. The van der Waals surface area contributed by atoms with E-state index >= 15 is 0 Å². The number of carboxylic acids is 1. The van der Waals surface area contributed by atoms with Gasteiger partial charge in [-0.15, -0.1) is 0 Å². The van der Waals surface area contributed by atoms with Gasteiger partial charge in [-0.05, 0) is 30.6 Å². The maximum Gasteiger partial charge on any atom is 0.303 e. The lowest BCUT2D eigenvalue weighted by atomic mass is 9.79. The minimum Gasteiger partial charge on any atom is -0.481 e. The summed E-state index contributed by atoms with van der Waals surface area (Å²) in [5.74, 6) is 0.0550. The van der Waals surface area contributed by atoms with Gasteiger partial charge >= 0.3 is 5.97 Å². The molecule has 0 spiro atoms. The first-order valence-electron chi connectivity index (χ1n) is 8.58. The molecule has 0 heterocycles. The lowest BCUT2D eigenvalue weighted by Crippen LogP contribution is -2.33. The topological polar surface area (TPSA) is 66.4 Å². The van der Waals surface area contributed by atoms with Crippen molar-refractivity contribution in [2.75, 3.05) is 6.54 Å². The Bertz CT molecular complexity index is 355. The van der Waals surface area contributed by atoms with Crippen molar-refractivity contribution in [3.63, 3.8) is 0 Å². The van der Waals surface area contributed by atoms with Crippen molar-refractivity contribution in [3.8, 4) is 0 Å². The van der Waals surface area contributed by atoms with Crippen LogP contribution in [0, 0.1) is 11.3 Å². The average Bonchev–Trinajstić information content (AvgIpc) is 2.87. The Morgan fingerprint density at radius 2 is 1.67 bits per heavy atom. The second-order valence-electron chi connectivity index (χ2n) is 7.10. The van der Waals surface area contributed by atoms with Crippen LogP contribution in [-0.4, -0.2) is 23.5 Å². The van der Waals surface area contributed by atoms with E-state index in [1.807, 2.05) is 0 Å². The van der Waals surface area contributed by atoms with E-state index in [1.165, 1.54) is 32.1 Å². The average molecular weight is 295 g/mol. The molecular weight excluding hydrogens is 266 g/mol. The first-order valence-corrected chi connectivity index (χ1v) is 8.58. The van der Waals surface area contributed by atoms with Gasteiger partial charge in [0.2, 0.25) is 5.91 Å². The van der Waals surface area contributed by atoms with Crippen molar-refractivity contribution < 1.29 is 14.7 Å². The molecule has 2 aliphatic carbocycles. The molecule has 0 aromatic carbocycles. The fourth-order valence-electron chi connectivity index (χ4n) is 4.16. The van der Waals surface area contributed by atoms with Crippen LogP contribution in [0.2, 0.25) is 0 Å². The zero-order valence-electron chi connectivity index (χ0n) is 13.0. The number of amides is 1. The third kappa shape index (κ3) is 5.33. The van der Waals surface area contributed by atoms with Crippen LogP contribution in [0.15, 0.2) is 0 Å². The van der Waals surface area contributed by atoms with Gasteiger partial charge in [-0.25, -0.2) is 0 Å². The van der Waals surface area contributed by atoms with Gasteiger partial charge in [-0.3, -0.25) is 9.59 Å². The Labute approximate surface area is 127 Å². The van der Waals surface area contributed by atoms with Gasteiger partial charge in [0.05, 0.1) is 6.42 Å². The molecule has 2 rings (SSSR count). The van der Waals surface area contributed by atoms with Crippen molar-refractivity contribution in [2.45, 2.75) is 77.0 Å². The van der Waals surface area contributed by atoms with E-state index in [9.17, 15) is 9.59 Å². The monoisotopic (exact) mass is 295 g/mol. The van der Waals surface area contributed by atoms with Crippen LogP contribution in [0.25, 0.3) is 0 Å². The molecule has 0 saturated heterocycles. The number of aliphatic carboxylic acids is 1. The van der Waals surface area contributed by atoms with Gasteiger partial charge in [0, 0.05) is 13.0 Å². The predicted molar refractivity (Wildman–Crippen MR) is 82.0 cm³/mol. The van der Waals surface area contributed by atoms with Crippen molar-refractivity contribution in [3.05, 3.63) is 0 Å². The van der Waals surface area contributed by atoms with E-state index in [0.29, 0.717) is 6.42 Å². The summed E-state index contributed by atoms with van der Waals surface area (Å²) in [4.78, 5) is 23.2. The zero-order valence-corrected chi connectivity index (χ0v) is 13.0. The molecule has 0 bridgehead atoms. The van der Waals surface area contributed by atoms with Crippen LogP contribution in [0.5, 0.6) is 0 Å². The summed E-state index contributed by atoms with van der Waals surface area (Å²) in [5.41, 5.74) is -0.277. The maximum absolute atomic E-state index is 12.1. The maximum atomic E-state index is 12.1. The number of hydrogen-bond donors (Lipinski definition) is 2. The summed E-state index contributed by atoms with van der Waals surface area (Å²) < 4.78 is 0. The highest BCUT2D eigenvalue weighted by Crippen LogP contribution is 2.44. The van der Waals surface area contributed by atoms with E-state index < -0.39 is 5.97 Å². The van der Waals surface area contributed by atoms with E-state index in [2.05, 4.69) is 5.32 Å². The summed E-state index contributed by atoms with van der Waals surface area (Å²) in [6, 6.07) is 0. The molecule has 2 fully saturated rings. The first-order chi connectivity index (χ1) is 10.1. The van der Waals surface area contributed by atoms with E-state index in [0.717, 1.165) is 44.6 Å². The van der Waals surface area contributed by atoms with Crippen LogP contribution >= 0.6 is 0 Å². The molecule has 4 heteroatoms. The molecule has 0 aromatic rings. The predicted octanol–water partition coefficient (Wildman–Crippen LogP) is 3.50. The second-order valence-corrected chi connectivity index (χ2v) is 7.10. The van der Waals surface area contributed by atoms with Crippen molar-refractivity contribution in [2.24, 2.45) is 11.3 Å². The molecule has 0 atom stereocenters. The minimum absolute atomic E-state index is 0.0500. The van der Waals surface area contributed by atoms with Crippen molar-refractivity contribution in [1.29, 1.82) is 0 Å². The molecule has 0 unspecified atom stereocenters. The van der Waals surface area contributed by atoms with Crippen LogP contribution < -0.4 is 5.32 Å². The fourth-order valence-corrected chi connectivity index (χ4v) is 4.16. The molecule has 0 aliphatic heterocycles. The van der Waals surface area contributed by atoms with Crippen molar-refractivity contribution in [1.82, 2.24) is 5.32 Å². The molecule has 21 heavy (non-hydrogen) atoms. The van der Waals surface area contributed by atoms with Gasteiger partial charge in [-0.1, -0.05) is 44.9 Å².